The first-order valence-corrected chi connectivity index (χ1v) is 7.44. The summed E-state index contributed by atoms with van der Waals surface area (Å²) in [6, 6.07) is 11.5. The zero-order chi connectivity index (χ0) is 14.2. The molecule has 0 aliphatic heterocycles. The third-order valence-corrected chi connectivity index (χ3v) is 3.90. The number of rotatable bonds is 6. The van der Waals surface area contributed by atoms with E-state index < -0.39 is 0 Å². The Labute approximate surface area is 122 Å². The molecule has 104 valence electrons. The van der Waals surface area contributed by atoms with Gasteiger partial charge in [-0.15, -0.1) is 11.8 Å². The molecule has 0 bridgehead atoms. The smallest absolute Gasteiger partial charge is 0.323 e. The summed E-state index contributed by atoms with van der Waals surface area (Å²) in [6.45, 7) is 2.20. The number of esters is 1. The number of hydrogen-bond acceptors (Lipinski definition) is 5. The van der Waals surface area contributed by atoms with Gasteiger partial charge in [-0.25, -0.2) is 9.97 Å². The first-order valence-electron chi connectivity index (χ1n) is 6.39. The van der Waals surface area contributed by atoms with Crippen LogP contribution in [-0.2, 0) is 15.3 Å². The van der Waals surface area contributed by atoms with Crippen molar-refractivity contribution < 1.29 is 9.53 Å². The molecule has 1 unspecified atom stereocenters. The van der Waals surface area contributed by atoms with Crippen LogP contribution in [0.2, 0.25) is 0 Å². The van der Waals surface area contributed by atoms with Gasteiger partial charge in [-0.05, 0) is 18.6 Å². The Morgan fingerprint density at radius 1 is 1.30 bits per heavy atom. The fourth-order valence-electron chi connectivity index (χ4n) is 1.72. The highest BCUT2D eigenvalue weighted by atomic mass is 32.2. The summed E-state index contributed by atoms with van der Waals surface area (Å²) in [5.41, 5.74) is 1.85. The van der Waals surface area contributed by atoms with E-state index in [-0.39, 0.29) is 11.2 Å². The molecule has 0 radical (unpaired) electrons. The number of benzene rings is 1. The second-order valence-corrected chi connectivity index (χ2v) is 5.15. The van der Waals surface area contributed by atoms with Gasteiger partial charge in [0.05, 0.1) is 12.3 Å². The average molecular weight is 288 g/mol. The molecule has 1 aromatic heterocycles. The molecular weight excluding hydrogens is 272 g/mol. The predicted octanol–water partition coefficient (Wildman–Crippen LogP) is 3.01. The summed E-state index contributed by atoms with van der Waals surface area (Å²) in [7, 11) is 0. The van der Waals surface area contributed by atoms with E-state index in [9.17, 15) is 4.79 Å². The van der Waals surface area contributed by atoms with Gasteiger partial charge in [0.1, 0.15) is 11.6 Å². The van der Waals surface area contributed by atoms with Gasteiger partial charge in [0, 0.05) is 11.9 Å². The molecule has 2 rings (SSSR count). The molecule has 0 aliphatic carbocycles. The summed E-state index contributed by atoms with van der Waals surface area (Å²) < 4.78 is 5.15. The number of carbonyl (C=O) groups excluding carboxylic acids is 1. The maximum absolute atomic E-state index is 12.1. The number of carbonyl (C=O) groups is 1. The van der Waals surface area contributed by atoms with Crippen molar-refractivity contribution >= 4 is 17.7 Å². The Morgan fingerprint density at radius 2 is 2.10 bits per heavy atom. The predicted molar refractivity (Wildman–Crippen MR) is 79.1 cm³/mol. The standard InChI is InChI=1S/C15H16N2O2S/c1-2-19-15(18)14(12-6-4-3-5-7-12)20-10-13-8-9-16-11-17-13/h3-9,11,14H,2,10H2,1H3. The molecule has 0 saturated carbocycles. The van der Waals surface area contributed by atoms with Crippen molar-refractivity contribution in [1.82, 2.24) is 9.97 Å². The van der Waals surface area contributed by atoms with Crippen LogP contribution in [0.25, 0.3) is 0 Å². The van der Waals surface area contributed by atoms with E-state index in [0.717, 1.165) is 11.3 Å². The maximum atomic E-state index is 12.1. The molecule has 0 spiro atoms. The van der Waals surface area contributed by atoms with E-state index in [1.165, 1.54) is 18.1 Å². The Kier molecular flexibility index (Phi) is 5.55. The van der Waals surface area contributed by atoms with Crippen molar-refractivity contribution in [2.24, 2.45) is 0 Å². The first kappa shape index (κ1) is 14.5. The van der Waals surface area contributed by atoms with E-state index in [1.807, 2.05) is 43.3 Å². The largest absolute Gasteiger partial charge is 0.465 e. The minimum absolute atomic E-state index is 0.210. The van der Waals surface area contributed by atoms with E-state index in [1.54, 1.807) is 6.20 Å². The molecule has 0 saturated heterocycles. The molecule has 0 aliphatic rings. The maximum Gasteiger partial charge on any atom is 0.323 e. The van der Waals surface area contributed by atoms with Gasteiger partial charge in [0.15, 0.2) is 0 Å². The first-order chi connectivity index (χ1) is 9.81. The summed E-state index contributed by atoms with van der Waals surface area (Å²) in [5, 5.41) is -0.328. The Morgan fingerprint density at radius 3 is 2.75 bits per heavy atom. The number of aromatic nitrogens is 2. The van der Waals surface area contributed by atoms with Crippen molar-refractivity contribution in [3.8, 4) is 0 Å². The highest BCUT2D eigenvalue weighted by Gasteiger charge is 2.22. The van der Waals surface area contributed by atoms with Crippen molar-refractivity contribution in [3.63, 3.8) is 0 Å². The van der Waals surface area contributed by atoms with Crippen molar-refractivity contribution in [2.45, 2.75) is 17.9 Å². The fourth-order valence-corrected chi connectivity index (χ4v) is 2.78. The lowest BCUT2D eigenvalue weighted by Crippen LogP contribution is -2.13. The molecular formula is C15H16N2O2S. The third kappa shape index (κ3) is 4.06. The van der Waals surface area contributed by atoms with Crippen LogP contribution in [0.5, 0.6) is 0 Å². The number of nitrogens with zero attached hydrogens (tertiary/aromatic N) is 2. The van der Waals surface area contributed by atoms with Crippen LogP contribution in [0.15, 0.2) is 48.9 Å². The van der Waals surface area contributed by atoms with Crippen molar-refractivity contribution in [1.29, 1.82) is 0 Å². The van der Waals surface area contributed by atoms with Gasteiger partial charge >= 0.3 is 5.97 Å². The van der Waals surface area contributed by atoms with Crippen LogP contribution in [0, 0.1) is 0 Å². The van der Waals surface area contributed by atoms with E-state index in [4.69, 9.17) is 4.74 Å². The minimum atomic E-state index is -0.328. The van der Waals surface area contributed by atoms with Gasteiger partial charge in [-0.2, -0.15) is 0 Å². The zero-order valence-electron chi connectivity index (χ0n) is 11.2. The SMILES string of the molecule is CCOC(=O)C(SCc1ccncn1)c1ccccc1. The molecule has 1 heterocycles. The summed E-state index contributed by atoms with van der Waals surface area (Å²) >= 11 is 1.51. The van der Waals surface area contributed by atoms with Crippen molar-refractivity contribution in [2.75, 3.05) is 6.61 Å². The average Bonchev–Trinajstić information content (AvgIpc) is 2.50. The fraction of sp³-hybridized carbons (Fsp3) is 0.267. The van der Waals surface area contributed by atoms with Gasteiger partial charge in [-0.1, -0.05) is 30.3 Å². The van der Waals surface area contributed by atoms with Gasteiger partial charge in [0.2, 0.25) is 0 Å². The van der Waals surface area contributed by atoms with Crippen LogP contribution >= 0.6 is 11.8 Å². The van der Waals surface area contributed by atoms with Gasteiger partial charge in [-0.3, -0.25) is 4.79 Å². The van der Waals surface area contributed by atoms with Gasteiger partial charge < -0.3 is 4.74 Å². The molecule has 4 nitrogen and oxygen atoms in total. The molecule has 2 aromatic rings. The normalized spacial score (nSPS) is 11.8. The number of thioether (sulfide) groups is 1. The molecule has 1 atom stereocenters. The molecule has 0 amide bonds. The highest BCUT2D eigenvalue weighted by Crippen LogP contribution is 2.32. The molecule has 0 N–H and O–H groups in total. The zero-order valence-corrected chi connectivity index (χ0v) is 12.0. The van der Waals surface area contributed by atoms with E-state index in [2.05, 4.69) is 9.97 Å². The third-order valence-electron chi connectivity index (χ3n) is 2.64. The lowest BCUT2D eigenvalue weighted by atomic mass is 10.1. The topological polar surface area (TPSA) is 52.1 Å². The Bertz CT molecular complexity index is 534. The lowest BCUT2D eigenvalue weighted by Gasteiger charge is -2.15. The van der Waals surface area contributed by atoms with Gasteiger partial charge in [0.25, 0.3) is 0 Å². The quantitative estimate of drug-likeness (QED) is 0.765. The second kappa shape index (κ2) is 7.65. The summed E-state index contributed by atoms with van der Waals surface area (Å²) in [4.78, 5) is 20.1. The minimum Gasteiger partial charge on any atom is -0.465 e. The molecule has 20 heavy (non-hydrogen) atoms. The summed E-state index contributed by atoms with van der Waals surface area (Å²) in [5.74, 6) is 0.429. The van der Waals surface area contributed by atoms with Crippen LogP contribution < -0.4 is 0 Å². The number of hydrogen-bond donors (Lipinski definition) is 0. The number of ether oxygens (including phenoxy) is 1. The summed E-state index contributed by atoms with van der Waals surface area (Å²) in [6.07, 6.45) is 3.21. The van der Waals surface area contributed by atoms with Crippen LogP contribution in [0.4, 0.5) is 0 Å². The Balaban J connectivity index is 2.09. The Hall–Kier alpha value is -1.88. The van der Waals surface area contributed by atoms with E-state index >= 15 is 0 Å². The van der Waals surface area contributed by atoms with Crippen molar-refractivity contribution in [3.05, 3.63) is 60.2 Å². The second-order valence-electron chi connectivity index (χ2n) is 4.05. The monoisotopic (exact) mass is 288 g/mol. The lowest BCUT2D eigenvalue weighted by molar-refractivity contribution is -0.142. The van der Waals surface area contributed by atoms with Crippen LogP contribution in [-0.4, -0.2) is 22.5 Å². The highest BCUT2D eigenvalue weighted by molar-refractivity contribution is 7.99. The van der Waals surface area contributed by atoms with Crippen LogP contribution in [0.1, 0.15) is 23.4 Å². The molecule has 5 heteroatoms. The molecule has 0 fully saturated rings. The molecule has 1 aromatic carbocycles. The van der Waals surface area contributed by atoms with E-state index in [0.29, 0.717) is 12.4 Å². The van der Waals surface area contributed by atoms with Crippen LogP contribution in [0.3, 0.4) is 0 Å².